The van der Waals surface area contributed by atoms with Crippen molar-refractivity contribution in [2.45, 2.75) is 26.0 Å². The molecule has 186 valence electrons. The maximum atomic E-state index is 14.6. The van der Waals surface area contributed by atoms with Gasteiger partial charge in [0.1, 0.15) is 11.6 Å². The lowest BCUT2D eigenvalue weighted by Crippen LogP contribution is -2.54. The van der Waals surface area contributed by atoms with Gasteiger partial charge in [0.2, 0.25) is 0 Å². The van der Waals surface area contributed by atoms with Crippen molar-refractivity contribution in [2.75, 3.05) is 6.54 Å². The standard InChI is InChI=1S/C22H19ClF5N5O2/c1-2-33(32-20(34)13-6-14(10-29-8-13)22(26,27)28)21(35)31-11-18-17(25)7-12(9-30-18)15-4-3-5-16(24)19(15)23/h3-10,21,31,35H,2,11H2,1H3,(H,32,34). The first-order chi connectivity index (χ1) is 16.5. The molecule has 35 heavy (non-hydrogen) atoms. The van der Waals surface area contributed by atoms with Crippen LogP contribution in [0.3, 0.4) is 0 Å². The maximum Gasteiger partial charge on any atom is 0.417 e. The summed E-state index contributed by atoms with van der Waals surface area (Å²) in [6.45, 7) is 1.33. The normalized spacial score (nSPS) is 12.6. The summed E-state index contributed by atoms with van der Waals surface area (Å²) in [6.07, 6.45) is -3.40. The molecule has 1 unspecified atom stereocenters. The molecule has 13 heteroatoms. The highest BCUT2D eigenvalue weighted by molar-refractivity contribution is 6.33. The van der Waals surface area contributed by atoms with E-state index in [1.54, 1.807) is 6.92 Å². The van der Waals surface area contributed by atoms with E-state index in [1.807, 2.05) is 0 Å². The minimum Gasteiger partial charge on any atom is -0.364 e. The van der Waals surface area contributed by atoms with Gasteiger partial charge in [-0.15, -0.1) is 0 Å². The summed E-state index contributed by atoms with van der Waals surface area (Å²) in [5, 5.41) is 13.7. The Labute approximate surface area is 201 Å². The molecule has 7 nitrogen and oxygen atoms in total. The van der Waals surface area contributed by atoms with Crippen molar-refractivity contribution in [2.24, 2.45) is 0 Å². The molecular weight excluding hydrogens is 497 g/mol. The third-order valence-corrected chi connectivity index (χ3v) is 5.23. The number of alkyl halides is 3. The second kappa shape index (κ2) is 11.0. The monoisotopic (exact) mass is 515 g/mol. The highest BCUT2D eigenvalue weighted by Gasteiger charge is 2.31. The third kappa shape index (κ3) is 6.48. The van der Waals surface area contributed by atoms with Crippen LogP contribution < -0.4 is 10.7 Å². The Morgan fingerprint density at radius 3 is 2.57 bits per heavy atom. The number of halogens is 6. The highest BCUT2D eigenvalue weighted by Crippen LogP contribution is 2.30. The number of hydrazine groups is 1. The van der Waals surface area contributed by atoms with E-state index in [1.165, 1.54) is 18.3 Å². The van der Waals surface area contributed by atoms with E-state index in [-0.39, 0.29) is 40.5 Å². The SMILES string of the molecule is CCN(NC(=O)c1cncc(C(F)(F)F)c1)C(O)NCc1ncc(-c2cccc(F)c2Cl)cc1F. The van der Waals surface area contributed by atoms with E-state index in [0.29, 0.717) is 12.3 Å². The number of carbonyl (C=O) groups is 1. The van der Waals surface area contributed by atoms with Crippen LogP contribution in [0.15, 0.2) is 48.9 Å². The molecule has 1 aromatic carbocycles. The number of amides is 1. The van der Waals surface area contributed by atoms with E-state index in [2.05, 4.69) is 20.7 Å². The zero-order chi connectivity index (χ0) is 25.8. The molecule has 0 bridgehead atoms. The first kappa shape index (κ1) is 26.4. The van der Waals surface area contributed by atoms with Gasteiger partial charge in [0.15, 0.2) is 6.35 Å². The first-order valence-electron chi connectivity index (χ1n) is 10.1. The van der Waals surface area contributed by atoms with Gasteiger partial charge in [-0.3, -0.25) is 25.5 Å². The van der Waals surface area contributed by atoms with Crippen molar-refractivity contribution in [3.63, 3.8) is 0 Å². The number of hydrogen-bond acceptors (Lipinski definition) is 6. The summed E-state index contributed by atoms with van der Waals surface area (Å²) in [5.74, 6) is -2.36. The Kier molecular flexibility index (Phi) is 8.33. The molecule has 3 N–H and O–H groups in total. The Hall–Kier alpha value is -3.19. The summed E-state index contributed by atoms with van der Waals surface area (Å²) in [7, 11) is 0. The fourth-order valence-corrected chi connectivity index (χ4v) is 3.23. The molecule has 0 spiro atoms. The van der Waals surface area contributed by atoms with Gasteiger partial charge in [0.05, 0.1) is 21.8 Å². The molecule has 0 aliphatic rings. The molecule has 2 heterocycles. The molecule has 0 fully saturated rings. The molecule has 3 aromatic rings. The van der Waals surface area contributed by atoms with Gasteiger partial charge < -0.3 is 5.11 Å². The van der Waals surface area contributed by atoms with Crippen LogP contribution in [0.1, 0.15) is 28.5 Å². The smallest absolute Gasteiger partial charge is 0.364 e. The molecule has 1 amide bonds. The van der Waals surface area contributed by atoms with Crippen LogP contribution in [-0.2, 0) is 12.7 Å². The van der Waals surface area contributed by atoms with Crippen LogP contribution in [0, 0.1) is 11.6 Å². The zero-order valence-corrected chi connectivity index (χ0v) is 18.8. The van der Waals surface area contributed by atoms with Crippen molar-refractivity contribution in [1.82, 2.24) is 25.7 Å². The summed E-state index contributed by atoms with van der Waals surface area (Å²) in [4.78, 5) is 19.7. The van der Waals surface area contributed by atoms with E-state index < -0.39 is 35.6 Å². The molecule has 0 saturated heterocycles. The maximum absolute atomic E-state index is 14.6. The number of pyridine rings is 2. The highest BCUT2D eigenvalue weighted by atomic mass is 35.5. The number of hydrogen-bond donors (Lipinski definition) is 3. The molecule has 3 rings (SSSR count). The number of nitrogens with one attached hydrogen (secondary N) is 2. The van der Waals surface area contributed by atoms with E-state index in [4.69, 9.17) is 11.6 Å². The average Bonchev–Trinajstić information content (AvgIpc) is 2.82. The van der Waals surface area contributed by atoms with Crippen molar-refractivity contribution in [3.8, 4) is 11.1 Å². The quantitative estimate of drug-likeness (QED) is 0.237. The number of aliphatic hydroxyl groups excluding tert-OH is 1. The van der Waals surface area contributed by atoms with Crippen molar-refractivity contribution in [1.29, 1.82) is 0 Å². The summed E-state index contributed by atoms with van der Waals surface area (Å²) in [6, 6.07) is 5.82. The molecule has 1 atom stereocenters. The fraction of sp³-hybridized carbons (Fsp3) is 0.227. The average molecular weight is 516 g/mol. The van der Waals surface area contributed by atoms with Gasteiger partial charge in [0.25, 0.3) is 5.91 Å². The molecule has 2 aromatic heterocycles. The lowest BCUT2D eigenvalue weighted by molar-refractivity contribution is -0.137. The van der Waals surface area contributed by atoms with Gasteiger partial charge in [-0.1, -0.05) is 30.7 Å². The Balaban J connectivity index is 1.65. The molecule has 0 aliphatic carbocycles. The van der Waals surface area contributed by atoms with E-state index >= 15 is 0 Å². The summed E-state index contributed by atoms with van der Waals surface area (Å²) >= 11 is 5.92. The largest absolute Gasteiger partial charge is 0.417 e. The number of aromatic nitrogens is 2. The van der Waals surface area contributed by atoms with Gasteiger partial charge in [-0.2, -0.15) is 18.2 Å². The van der Waals surface area contributed by atoms with Crippen molar-refractivity contribution >= 4 is 17.5 Å². The van der Waals surface area contributed by atoms with Gasteiger partial charge in [-0.25, -0.2) is 8.78 Å². The number of rotatable bonds is 8. The van der Waals surface area contributed by atoms with Crippen molar-refractivity contribution in [3.05, 3.63) is 82.4 Å². The molecular formula is C22H19ClF5N5O2. The lowest BCUT2D eigenvalue weighted by Gasteiger charge is -2.27. The van der Waals surface area contributed by atoms with Crippen LogP contribution in [0.4, 0.5) is 22.0 Å². The predicted molar refractivity (Wildman–Crippen MR) is 117 cm³/mol. The Morgan fingerprint density at radius 1 is 1.17 bits per heavy atom. The lowest BCUT2D eigenvalue weighted by atomic mass is 10.1. The molecule has 0 aliphatic heterocycles. The number of aliphatic hydroxyl groups is 1. The minimum absolute atomic E-state index is 0.0409. The summed E-state index contributed by atoms with van der Waals surface area (Å²) in [5.41, 5.74) is 1.20. The predicted octanol–water partition coefficient (Wildman–Crippen LogP) is 4.13. The van der Waals surface area contributed by atoms with Gasteiger partial charge in [0, 0.05) is 42.8 Å². The van der Waals surface area contributed by atoms with Gasteiger partial charge >= 0.3 is 6.18 Å². The fourth-order valence-electron chi connectivity index (χ4n) is 3.00. The molecule has 0 radical (unpaired) electrons. The minimum atomic E-state index is -4.68. The molecule has 0 saturated carbocycles. The number of carbonyl (C=O) groups excluding carboxylic acids is 1. The van der Waals surface area contributed by atoms with Crippen molar-refractivity contribution < 1.29 is 31.9 Å². The van der Waals surface area contributed by atoms with Gasteiger partial charge in [-0.05, 0) is 18.2 Å². The summed E-state index contributed by atoms with van der Waals surface area (Å²) < 4.78 is 66.8. The third-order valence-electron chi connectivity index (χ3n) is 4.84. The van der Waals surface area contributed by atoms with Crippen LogP contribution in [0.5, 0.6) is 0 Å². The Morgan fingerprint density at radius 2 is 1.91 bits per heavy atom. The van der Waals surface area contributed by atoms with Crippen LogP contribution >= 0.6 is 11.6 Å². The van der Waals surface area contributed by atoms with Crippen LogP contribution in [0.25, 0.3) is 11.1 Å². The van der Waals surface area contributed by atoms with E-state index in [9.17, 15) is 31.9 Å². The zero-order valence-electron chi connectivity index (χ0n) is 18.1. The van der Waals surface area contributed by atoms with Crippen LogP contribution in [0.2, 0.25) is 5.02 Å². The Bertz CT molecular complexity index is 1210. The second-order valence-electron chi connectivity index (χ2n) is 7.20. The number of benzene rings is 1. The van der Waals surface area contributed by atoms with E-state index in [0.717, 1.165) is 23.3 Å². The number of nitrogens with zero attached hydrogens (tertiary/aromatic N) is 3. The first-order valence-corrected chi connectivity index (χ1v) is 10.5. The van der Waals surface area contributed by atoms with Crippen LogP contribution in [-0.4, -0.2) is 38.9 Å². The topological polar surface area (TPSA) is 90.4 Å². The second-order valence-corrected chi connectivity index (χ2v) is 7.57.